The zero-order valence-corrected chi connectivity index (χ0v) is 14.8. The van der Waals surface area contributed by atoms with Crippen molar-refractivity contribution in [3.05, 3.63) is 12.2 Å². The Bertz CT molecular complexity index is 162. The predicted molar refractivity (Wildman–Crippen MR) is 91.6 cm³/mol. The van der Waals surface area contributed by atoms with E-state index in [2.05, 4.69) is 60.6 Å². The molecule has 0 aromatic heterocycles. The summed E-state index contributed by atoms with van der Waals surface area (Å²) in [7, 11) is 0. The molecule has 116 valence electrons. The highest BCUT2D eigenvalue weighted by atomic mass is 14.3. The lowest BCUT2D eigenvalue weighted by atomic mass is 10.0. The minimum Gasteiger partial charge on any atom is -0.0885 e. The Hall–Kier alpha value is -0.260. The molecule has 2 atom stereocenters. The van der Waals surface area contributed by atoms with Crippen LogP contribution in [0.3, 0.4) is 0 Å². The maximum Gasteiger partial charge on any atom is -0.0228 e. The summed E-state index contributed by atoms with van der Waals surface area (Å²) in [6.07, 6.45) is 14.0. The highest BCUT2D eigenvalue weighted by Crippen LogP contribution is 2.36. The number of allylic oxidation sites excluding steroid dienone is 2. The normalized spacial score (nSPS) is 25.5. The summed E-state index contributed by atoms with van der Waals surface area (Å²) in [5.41, 5.74) is 0. The predicted octanol–water partition coefficient (Wildman–Crippen LogP) is 7.25. The second-order valence-electron chi connectivity index (χ2n) is 6.02. The maximum absolute atomic E-state index is 2.42. The van der Waals surface area contributed by atoms with E-state index in [1.165, 1.54) is 44.9 Å². The summed E-state index contributed by atoms with van der Waals surface area (Å²) in [4.78, 5) is 0. The Labute approximate surface area is 124 Å². The van der Waals surface area contributed by atoms with Crippen LogP contribution in [-0.2, 0) is 0 Å². The van der Waals surface area contributed by atoms with Gasteiger partial charge in [-0.05, 0) is 37.0 Å². The van der Waals surface area contributed by atoms with Crippen LogP contribution in [0.25, 0.3) is 0 Å². The van der Waals surface area contributed by atoms with E-state index in [4.69, 9.17) is 0 Å². The lowest BCUT2D eigenvalue weighted by Crippen LogP contribution is -1.95. The molecule has 0 amide bonds. The van der Waals surface area contributed by atoms with Crippen LogP contribution in [0.5, 0.6) is 0 Å². The SMILES string of the molecule is CC/C=C/C1CC(C)C(C)C1.CCCC.CCCC. The van der Waals surface area contributed by atoms with E-state index in [0.717, 1.165) is 17.8 Å². The molecule has 1 fully saturated rings. The molecule has 1 aliphatic carbocycles. The van der Waals surface area contributed by atoms with E-state index in [1.54, 1.807) is 0 Å². The molecule has 0 heteroatoms. The van der Waals surface area contributed by atoms with Gasteiger partial charge in [-0.2, -0.15) is 0 Å². The first-order valence-electron chi connectivity index (χ1n) is 8.73. The van der Waals surface area contributed by atoms with Crippen LogP contribution < -0.4 is 0 Å². The van der Waals surface area contributed by atoms with Gasteiger partial charge >= 0.3 is 0 Å². The van der Waals surface area contributed by atoms with Gasteiger partial charge in [0.1, 0.15) is 0 Å². The standard InChI is InChI=1S/C11H20.2C4H10/c1-4-5-6-11-7-9(2)10(3)8-11;2*1-3-4-2/h5-6,9-11H,4,7-8H2,1-3H3;2*3-4H2,1-2H3/b6-5+;;. The van der Waals surface area contributed by atoms with Crippen molar-refractivity contribution in [3.8, 4) is 0 Å². The molecule has 0 aromatic rings. The molecule has 0 aromatic carbocycles. The van der Waals surface area contributed by atoms with E-state index < -0.39 is 0 Å². The quantitative estimate of drug-likeness (QED) is 0.471. The van der Waals surface area contributed by atoms with Gasteiger partial charge in [0.2, 0.25) is 0 Å². The van der Waals surface area contributed by atoms with Gasteiger partial charge in [-0.15, -0.1) is 0 Å². The van der Waals surface area contributed by atoms with Gasteiger partial charge in [0.25, 0.3) is 0 Å². The van der Waals surface area contributed by atoms with Crippen molar-refractivity contribution >= 4 is 0 Å². The zero-order valence-electron chi connectivity index (χ0n) is 14.8. The van der Waals surface area contributed by atoms with Crippen molar-refractivity contribution in [2.75, 3.05) is 0 Å². The van der Waals surface area contributed by atoms with Gasteiger partial charge in [0, 0.05) is 0 Å². The summed E-state index contributed by atoms with van der Waals surface area (Å²) in [5.74, 6) is 2.78. The molecule has 1 saturated carbocycles. The summed E-state index contributed by atoms with van der Waals surface area (Å²) in [6, 6.07) is 0. The fraction of sp³-hybridized carbons (Fsp3) is 0.895. The lowest BCUT2D eigenvalue weighted by Gasteiger charge is -2.04. The van der Waals surface area contributed by atoms with Gasteiger partial charge in [0.05, 0.1) is 0 Å². The summed E-state index contributed by atoms with van der Waals surface area (Å²) < 4.78 is 0. The fourth-order valence-corrected chi connectivity index (χ4v) is 2.00. The third-order valence-electron chi connectivity index (χ3n) is 3.96. The van der Waals surface area contributed by atoms with Crippen LogP contribution in [0.4, 0.5) is 0 Å². The van der Waals surface area contributed by atoms with Gasteiger partial charge in [-0.25, -0.2) is 0 Å². The Morgan fingerprint density at radius 3 is 1.37 bits per heavy atom. The fourth-order valence-electron chi connectivity index (χ4n) is 2.00. The number of rotatable bonds is 4. The van der Waals surface area contributed by atoms with Crippen LogP contribution in [0.2, 0.25) is 0 Å². The molecule has 19 heavy (non-hydrogen) atoms. The van der Waals surface area contributed by atoms with Crippen molar-refractivity contribution in [2.24, 2.45) is 17.8 Å². The van der Waals surface area contributed by atoms with Crippen LogP contribution in [0.15, 0.2) is 12.2 Å². The smallest absolute Gasteiger partial charge is 0.0228 e. The Balaban J connectivity index is 0. The van der Waals surface area contributed by atoms with E-state index in [9.17, 15) is 0 Å². The maximum atomic E-state index is 2.42. The molecular weight excluding hydrogens is 228 g/mol. The van der Waals surface area contributed by atoms with Crippen molar-refractivity contribution in [1.29, 1.82) is 0 Å². The van der Waals surface area contributed by atoms with E-state index in [-0.39, 0.29) is 0 Å². The van der Waals surface area contributed by atoms with Crippen molar-refractivity contribution < 1.29 is 0 Å². The molecule has 0 N–H and O–H groups in total. The molecule has 0 heterocycles. The van der Waals surface area contributed by atoms with E-state index in [1.807, 2.05) is 0 Å². The summed E-state index contributed by atoms with van der Waals surface area (Å²) >= 11 is 0. The minimum atomic E-state index is 0.889. The molecule has 1 rings (SSSR count). The van der Waals surface area contributed by atoms with E-state index >= 15 is 0 Å². The second kappa shape index (κ2) is 15.8. The molecule has 0 spiro atoms. The molecule has 0 nitrogen and oxygen atoms in total. The molecular formula is C19H40. The Morgan fingerprint density at radius 2 is 1.11 bits per heavy atom. The summed E-state index contributed by atoms with van der Waals surface area (Å²) in [6.45, 7) is 15.7. The highest BCUT2D eigenvalue weighted by molar-refractivity contribution is 4.93. The van der Waals surface area contributed by atoms with Gasteiger partial charge < -0.3 is 0 Å². The van der Waals surface area contributed by atoms with Crippen LogP contribution >= 0.6 is 0 Å². The molecule has 0 aliphatic heterocycles. The number of hydrogen-bond donors (Lipinski definition) is 0. The van der Waals surface area contributed by atoms with Crippen molar-refractivity contribution in [2.45, 2.75) is 93.4 Å². The molecule has 0 bridgehead atoms. The zero-order chi connectivity index (χ0) is 15.1. The molecule has 0 saturated heterocycles. The Kier molecular flexibility index (Phi) is 17.5. The number of hydrogen-bond acceptors (Lipinski definition) is 0. The first-order valence-corrected chi connectivity index (χ1v) is 8.73. The average molecular weight is 269 g/mol. The third kappa shape index (κ3) is 14.0. The minimum absolute atomic E-state index is 0.889. The van der Waals surface area contributed by atoms with E-state index in [0.29, 0.717) is 0 Å². The first-order chi connectivity index (χ1) is 9.06. The largest absolute Gasteiger partial charge is 0.0885 e. The third-order valence-corrected chi connectivity index (χ3v) is 3.96. The van der Waals surface area contributed by atoms with Crippen LogP contribution in [-0.4, -0.2) is 0 Å². The van der Waals surface area contributed by atoms with Crippen molar-refractivity contribution in [1.82, 2.24) is 0 Å². The summed E-state index contributed by atoms with van der Waals surface area (Å²) in [5, 5.41) is 0. The molecule has 1 aliphatic rings. The Morgan fingerprint density at radius 1 is 0.737 bits per heavy atom. The topological polar surface area (TPSA) is 0 Å². The highest BCUT2D eigenvalue weighted by Gasteiger charge is 2.25. The lowest BCUT2D eigenvalue weighted by molar-refractivity contribution is 0.457. The molecule has 2 unspecified atom stereocenters. The van der Waals surface area contributed by atoms with Gasteiger partial charge in [-0.1, -0.05) is 86.3 Å². The average Bonchev–Trinajstić information content (AvgIpc) is 2.76. The van der Waals surface area contributed by atoms with Crippen molar-refractivity contribution in [3.63, 3.8) is 0 Å². The second-order valence-corrected chi connectivity index (χ2v) is 6.02. The van der Waals surface area contributed by atoms with Gasteiger partial charge in [0.15, 0.2) is 0 Å². The van der Waals surface area contributed by atoms with Crippen LogP contribution in [0, 0.1) is 17.8 Å². The number of unbranched alkanes of at least 4 members (excludes halogenated alkanes) is 2. The van der Waals surface area contributed by atoms with Crippen LogP contribution in [0.1, 0.15) is 93.4 Å². The first kappa shape index (κ1) is 21.0. The monoisotopic (exact) mass is 268 g/mol. The molecule has 0 radical (unpaired) electrons. The van der Waals surface area contributed by atoms with Gasteiger partial charge in [-0.3, -0.25) is 0 Å².